The maximum atomic E-state index is 12.8. The molecule has 0 aliphatic rings. The van der Waals surface area contributed by atoms with Gasteiger partial charge in [-0.2, -0.15) is 0 Å². The van der Waals surface area contributed by atoms with E-state index in [9.17, 15) is 4.39 Å². The Kier molecular flexibility index (Phi) is 3.20. The fourth-order valence-corrected chi connectivity index (χ4v) is 1.33. The highest BCUT2D eigenvalue weighted by Crippen LogP contribution is 2.18. The van der Waals surface area contributed by atoms with Crippen LogP contribution in [0.4, 0.5) is 4.39 Å². The number of aryl methyl sites for hydroxylation is 1. The van der Waals surface area contributed by atoms with E-state index in [1.807, 2.05) is 6.92 Å². The lowest BCUT2D eigenvalue weighted by atomic mass is 9.99. The molecule has 13 heavy (non-hydrogen) atoms. The first-order valence-electron chi connectivity index (χ1n) is 4.35. The molecule has 1 aromatic carbocycles. The van der Waals surface area contributed by atoms with Crippen molar-refractivity contribution in [2.24, 2.45) is 5.73 Å². The van der Waals surface area contributed by atoms with Gasteiger partial charge in [-0.25, -0.2) is 4.39 Å². The van der Waals surface area contributed by atoms with E-state index < -0.39 is 0 Å². The Balaban J connectivity index is 3.12. The molecule has 0 radical (unpaired) electrons. The summed E-state index contributed by atoms with van der Waals surface area (Å²) in [6, 6.07) is 4.48. The maximum absolute atomic E-state index is 12.8. The lowest BCUT2D eigenvalue weighted by molar-refractivity contribution is 0.623. The standard InChI is InChI=1S/C11H14FN/c1-3-8-7-9(12)5-6-10(8)11(13)4-2/h4-7,11H,2-3,13H2,1H3/t11-/m1/s1. The minimum Gasteiger partial charge on any atom is -0.321 e. The van der Waals surface area contributed by atoms with E-state index in [4.69, 9.17) is 5.73 Å². The second-order valence-corrected chi connectivity index (χ2v) is 2.96. The van der Waals surface area contributed by atoms with Crippen molar-refractivity contribution in [1.82, 2.24) is 0 Å². The van der Waals surface area contributed by atoms with Gasteiger partial charge in [-0.1, -0.05) is 19.1 Å². The Morgan fingerprint density at radius 2 is 2.31 bits per heavy atom. The molecule has 0 bridgehead atoms. The Morgan fingerprint density at radius 3 is 2.85 bits per heavy atom. The summed E-state index contributed by atoms with van der Waals surface area (Å²) < 4.78 is 12.8. The number of hydrogen-bond acceptors (Lipinski definition) is 1. The third-order valence-corrected chi connectivity index (χ3v) is 2.10. The third-order valence-electron chi connectivity index (χ3n) is 2.10. The monoisotopic (exact) mass is 179 g/mol. The average molecular weight is 179 g/mol. The summed E-state index contributed by atoms with van der Waals surface area (Å²) in [5.41, 5.74) is 7.69. The highest BCUT2D eigenvalue weighted by molar-refractivity contribution is 5.32. The zero-order chi connectivity index (χ0) is 9.84. The van der Waals surface area contributed by atoms with E-state index >= 15 is 0 Å². The van der Waals surface area contributed by atoms with E-state index in [0.717, 1.165) is 17.5 Å². The van der Waals surface area contributed by atoms with Crippen molar-refractivity contribution in [2.45, 2.75) is 19.4 Å². The molecule has 1 nitrogen and oxygen atoms in total. The first kappa shape index (κ1) is 9.93. The van der Waals surface area contributed by atoms with E-state index in [1.165, 1.54) is 12.1 Å². The van der Waals surface area contributed by atoms with Crippen LogP contribution in [0.3, 0.4) is 0 Å². The van der Waals surface area contributed by atoms with Crippen LogP contribution in [0.25, 0.3) is 0 Å². The van der Waals surface area contributed by atoms with Gasteiger partial charge in [0, 0.05) is 6.04 Å². The van der Waals surface area contributed by atoms with Gasteiger partial charge >= 0.3 is 0 Å². The smallest absolute Gasteiger partial charge is 0.123 e. The van der Waals surface area contributed by atoms with Crippen molar-refractivity contribution in [3.8, 4) is 0 Å². The van der Waals surface area contributed by atoms with Crippen molar-refractivity contribution in [3.05, 3.63) is 47.8 Å². The highest BCUT2D eigenvalue weighted by Gasteiger charge is 2.07. The average Bonchev–Trinajstić information content (AvgIpc) is 2.16. The minimum atomic E-state index is -0.211. The lowest BCUT2D eigenvalue weighted by Gasteiger charge is -2.11. The molecule has 0 aromatic heterocycles. The van der Waals surface area contributed by atoms with Crippen LogP contribution in [0.1, 0.15) is 24.1 Å². The molecule has 0 fully saturated rings. The topological polar surface area (TPSA) is 26.0 Å². The molecule has 1 aromatic rings. The number of halogens is 1. The van der Waals surface area contributed by atoms with E-state index in [2.05, 4.69) is 6.58 Å². The number of benzene rings is 1. The highest BCUT2D eigenvalue weighted by atomic mass is 19.1. The Labute approximate surface area is 78.1 Å². The molecule has 0 unspecified atom stereocenters. The van der Waals surface area contributed by atoms with Gasteiger partial charge in [0.1, 0.15) is 5.82 Å². The molecule has 0 aliphatic heterocycles. The lowest BCUT2D eigenvalue weighted by Crippen LogP contribution is -2.09. The van der Waals surface area contributed by atoms with Gasteiger partial charge in [0.05, 0.1) is 0 Å². The second kappa shape index (κ2) is 4.19. The Bertz CT molecular complexity index is 307. The summed E-state index contributed by atoms with van der Waals surface area (Å²) in [6.45, 7) is 5.60. The molecule has 1 rings (SSSR count). The van der Waals surface area contributed by atoms with Crippen molar-refractivity contribution < 1.29 is 4.39 Å². The molecule has 2 N–H and O–H groups in total. The molecule has 0 amide bonds. The van der Waals surface area contributed by atoms with Crippen LogP contribution in [-0.2, 0) is 6.42 Å². The van der Waals surface area contributed by atoms with E-state index in [0.29, 0.717) is 0 Å². The zero-order valence-electron chi connectivity index (χ0n) is 7.76. The van der Waals surface area contributed by atoms with Crippen LogP contribution >= 0.6 is 0 Å². The van der Waals surface area contributed by atoms with E-state index in [1.54, 1.807) is 12.1 Å². The van der Waals surface area contributed by atoms with Crippen molar-refractivity contribution >= 4 is 0 Å². The Hall–Kier alpha value is -1.15. The molecule has 1 atom stereocenters. The van der Waals surface area contributed by atoms with Gasteiger partial charge in [-0.15, -0.1) is 6.58 Å². The normalized spacial score (nSPS) is 12.5. The predicted octanol–water partition coefficient (Wildman–Crippen LogP) is 2.57. The summed E-state index contributed by atoms with van der Waals surface area (Å²) >= 11 is 0. The van der Waals surface area contributed by atoms with Crippen LogP contribution in [-0.4, -0.2) is 0 Å². The Morgan fingerprint density at radius 1 is 1.62 bits per heavy atom. The summed E-state index contributed by atoms with van der Waals surface area (Å²) in [7, 11) is 0. The third kappa shape index (κ3) is 2.16. The molecule has 0 aliphatic carbocycles. The van der Waals surface area contributed by atoms with Crippen LogP contribution in [0, 0.1) is 5.82 Å². The fraction of sp³-hybridized carbons (Fsp3) is 0.273. The summed E-state index contributed by atoms with van der Waals surface area (Å²) in [5.74, 6) is -0.211. The minimum absolute atomic E-state index is 0.199. The number of nitrogens with two attached hydrogens (primary N) is 1. The van der Waals surface area contributed by atoms with Gasteiger partial charge in [-0.3, -0.25) is 0 Å². The SMILES string of the molecule is C=C[C@@H](N)c1ccc(F)cc1CC. The van der Waals surface area contributed by atoms with Crippen molar-refractivity contribution in [1.29, 1.82) is 0 Å². The number of rotatable bonds is 3. The molecule has 0 saturated heterocycles. The molecule has 70 valence electrons. The summed E-state index contributed by atoms with van der Waals surface area (Å²) in [6.07, 6.45) is 2.45. The second-order valence-electron chi connectivity index (χ2n) is 2.96. The van der Waals surface area contributed by atoms with Crippen LogP contribution in [0.2, 0.25) is 0 Å². The largest absolute Gasteiger partial charge is 0.321 e. The van der Waals surface area contributed by atoms with E-state index in [-0.39, 0.29) is 11.9 Å². The van der Waals surface area contributed by atoms with Crippen LogP contribution < -0.4 is 5.73 Å². The van der Waals surface area contributed by atoms with Gasteiger partial charge in [0.25, 0.3) is 0 Å². The first-order chi connectivity index (χ1) is 6.19. The van der Waals surface area contributed by atoms with Crippen molar-refractivity contribution in [3.63, 3.8) is 0 Å². The van der Waals surface area contributed by atoms with Crippen LogP contribution in [0.15, 0.2) is 30.9 Å². The maximum Gasteiger partial charge on any atom is 0.123 e. The zero-order valence-corrected chi connectivity index (χ0v) is 7.76. The van der Waals surface area contributed by atoms with Crippen molar-refractivity contribution in [2.75, 3.05) is 0 Å². The quantitative estimate of drug-likeness (QED) is 0.709. The summed E-state index contributed by atoms with van der Waals surface area (Å²) in [4.78, 5) is 0. The molecule has 0 heterocycles. The van der Waals surface area contributed by atoms with Crippen LogP contribution in [0.5, 0.6) is 0 Å². The van der Waals surface area contributed by atoms with Gasteiger partial charge < -0.3 is 5.73 Å². The first-order valence-corrected chi connectivity index (χ1v) is 4.35. The molecule has 2 heteroatoms. The summed E-state index contributed by atoms with van der Waals surface area (Å²) in [5, 5.41) is 0. The molecule has 0 spiro atoms. The fourth-order valence-electron chi connectivity index (χ4n) is 1.33. The van der Waals surface area contributed by atoms with Gasteiger partial charge in [-0.05, 0) is 29.7 Å². The molecular formula is C11H14FN. The van der Waals surface area contributed by atoms with Gasteiger partial charge in [0.15, 0.2) is 0 Å². The molecular weight excluding hydrogens is 165 g/mol. The predicted molar refractivity (Wildman–Crippen MR) is 52.9 cm³/mol. The van der Waals surface area contributed by atoms with Gasteiger partial charge in [0.2, 0.25) is 0 Å². The number of hydrogen-bond donors (Lipinski definition) is 1. The molecule has 0 saturated carbocycles.